The van der Waals surface area contributed by atoms with Crippen LogP contribution < -0.4 is 5.32 Å². The van der Waals surface area contributed by atoms with Crippen molar-refractivity contribution in [3.8, 4) is 0 Å². The molecule has 2 unspecified atom stereocenters. The Labute approximate surface area is 104 Å². The fraction of sp³-hybridized carbons (Fsp3) is 0.923. The molecule has 2 aliphatic rings. The summed E-state index contributed by atoms with van der Waals surface area (Å²) in [5.74, 6) is 0.738. The molecule has 2 aliphatic heterocycles. The van der Waals surface area contributed by atoms with Gasteiger partial charge in [0, 0.05) is 12.6 Å². The van der Waals surface area contributed by atoms with Crippen LogP contribution in [0.5, 0.6) is 0 Å². The number of carbonyl (C=O) groups is 1. The third-order valence-electron chi connectivity index (χ3n) is 3.97. The highest BCUT2D eigenvalue weighted by Gasteiger charge is 2.34. The molecular formula is C13H25N3O. The van der Waals surface area contributed by atoms with Crippen molar-refractivity contribution in [1.82, 2.24) is 15.1 Å². The number of likely N-dealkylation sites (tertiary alicyclic amines) is 1. The first-order valence-corrected chi connectivity index (χ1v) is 6.86. The molecule has 1 amide bonds. The summed E-state index contributed by atoms with van der Waals surface area (Å²) < 4.78 is 0. The molecule has 17 heavy (non-hydrogen) atoms. The number of carbonyl (C=O) groups excluding carboxylic acids is 1. The molecule has 2 fully saturated rings. The maximum Gasteiger partial charge on any atom is 0.237 e. The average Bonchev–Trinajstić information content (AvgIpc) is 2.89. The number of hydrogen-bond acceptors (Lipinski definition) is 3. The van der Waals surface area contributed by atoms with Crippen molar-refractivity contribution in [1.29, 1.82) is 0 Å². The summed E-state index contributed by atoms with van der Waals surface area (Å²) in [7, 11) is 0. The zero-order valence-corrected chi connectivity index (χ0v) is 11.3. The highest BCUT2D eigenvalue weighted by molar-refractivity contribution is 5.80. The third kappa shape index (κ3) is 2.80. The van der Waals surface area contributed by atoms with E-state index in [0.717, 1.165) is 6.54 Å². The first-order chi connectivity index (χ1) is 8.09. The predicted molar refractivity (Wildman–Crippen MR) is 68.6 cm³/mol. The van der Waals surface area contributed by atoms with Crippen molar-refractivity contribution in [2.75, 3.05) is 26.2 Å². The number of rotatable bonds is 4. The molecule has 98 valence electrons. The molecule has 2 heterocycles. The molecule has 0 radical (unpaired) electrons. The lowest BCUT2D eigenvalue weighted by atomic mass is 10.1. The summed E-state index contributed by atoms with van der Waals surface area (Å²) in [6, 6.07) is 0.489. The lowest BCUT2D eigenvalue weighted by molar-refractivity contribution is -0.129. The molecule has 0 aromatic heterocycles. The molecule has 0 aliphatic carbocycles. The fourth-order valence-electron chi connectivity index (χ4n) is 2.95. The molecule has 2 saturated heterocycles. The van der Waals surface area contributed by atoms with Crippen LogP contribution in [0.1, 0.15) is 33.6 Å². The van der Waals surface area contributed by atoms with Crippen LogP contribution in [0.3, 0.4) is 0 Å². The summed E-state index contributed by atoms with van der Waals surface area (Å²) in [6.07, 6.45) is 2.85. The van der Waals surface area contributed by atoms with Crippen LogP contribution in [0.15, 0.2) is 0 Å². The fourth-order valence-corrected chi connectivity index (χ4v) is 2.95. The zero-order valence-electron chi connectivity index (χ0n) is 11.3. The van der Waals surface area contributed by atoms with E-state index in [1.54, 1.807) is 0 Å². The average molecular weight is 239 g/mol. The minimum absolute atomic E-state index is 0.229. The zero-order chi connectivity index (χ0) is 12.4. The minimum atomic E-state index is 0.229. The Morgan fingerprint density at radius 2 is 1.94 bits per heavy atom. The van der Waals surface area contributed by atoms with E-state index in [2.05, 4.69) is 31.0 Å². The van der Waals surface area contributed by atoms with Gasteiger partial charge in [0.15, 0.2) is 0 Å². The van der Waals surface area contributed by atoms with Gasteiger partial charge in [0.1, 0.15) is 0 Å². The van der Waals surface area contributed by atoms with Crippen molar-refractivity contribution in [2.45, 2.75) is 45.8 Å². The van der Waals surface area contributed by atoms with Crippen LogP contribution in [0.25, 0.3) is 0 Å². The summed E-state index contributed by atoms with van der Waals surface area (Å²) in [6.45, 7) is 10.4. The van der Waals surface area contributed by atoms with Crippen LogP contribution in [-0.2, 0) is 4.79 Å². The van der Waals surface area contributed by atoms with E-state index in [0.29, 0.717) is 18.5 Å². The molecule has 0 saturated carbocycles. The lowest BCUT2D eigenvalue weighted by Gasteiger charge is -2.33. The monoisotopic (exact) mass is 239 g/mol. The van der Waals surface area contributed by atoms with Gasteiger partial charge in [-0.15, -0.1) is 0 Å². The molecule has 4 heteroatoms. The Kier molecular flexibility index (Phi) is 4.05. The van der Waals surface area contributed by atoms with Crippen LogP contribution in [-0.4, -0.2) is 54.1 Å². The molecule has 0 bridgehead atoms. The van der Waals surface area contributed by atoms with Crippen LogP contribution in [0, 0.1) is 5.92 Å². The quantitative estimate of drug-likeness (QED) is 0.791. The van der Waals surface area contributed by atoms with Gasteiger partial charge in [-0.05, 0) is 38.8 Å². The Morgan fingerprint density at radius 3 is 2.53 bits per heavy atom. The predicted octanol–water partition coefficient (Wildman–Crippen LogP) is 0.885. The first-order valence-electron chi connectivity index (χ1n) is 6.86. The smallest absolute Gasteiger partial charge is 0.237 e. The Morgan fingerprint density at radius 1 is 1.29 bits per heavy atom. The number of nitrogens with one attached hydrogen (secondary N) is 1. The van der Waals surface area contributed by atoms with E-state index < -0.39 is 0 Å². The molecular weight excluding hydrogens is 214 g/mol. The Bertz CT molecular complexity index is 274. The van der Waals surface area contributed by atoms with Gasteiger partial charge in [-0.25, -0.2) is 0 Å². The topological polar surface area (TPSA) is 35.6 Å². The van der Waals surface area contributed by atoms with E-state index in [1.807, 2.05) is 4.90 Å². The van der Waals surface area contributed by atoms with E-state index in [4.69, 9.17) is 0 Å². The Balaban J connectivity index is 1.93. The van der Waals surface area contributed by atoms with Crippen molar-refractivity contribution < 1.29 is 4.79 Å². The van der Waals surface area contributed by atoms with Gasteiger partial charge in [0.2, 0.25) is 5.91 Å². The molecule has 1 N–H and O–H groups in total. The van der Waals surface area contributed by atoms with Crippen molar-refractivity contribution in [3.05, 3.63) is 0 Å². The summed E-state index contributed by atoms with van der Waals surface area (Å²) in [5, 5.41) is 3.31. The maximum atomic E-state index is 11.9. The number of nitrogens with zero attached hydrogens (tertiary/aromatic N) is 2. The first kappa shape index (κ1) is 12.8. The Hall–Kier alpha value is -0.610. The third-order valence-corrected chi connectivity index (χ3v) is 3.97. The van der Waals surface area contributed by atoms with Crippen LogP contribution in [0.4, 0.5) is 0 Å². The minimum Gasteiger partial charge on any atom is -0.324 e. The highest BCUT2D eigenvalue weighted by Crippen LogP contribution is 2.17. The lowest BCUT2D eigenvalue weighted by Crippen LogP contribution is -2.48. The second kappa shape index (κ2) is 5.36. The van der Waals surface area contributed by atoms with Gasteiger partial charge in [-0.2, -0.15) is 0 Å². The standard InChI is InChI=1S/C13H25N3O/c1-10(2)13-14-8-12(17)16(13)9-11(3)15-6-4-5-7-15/h10-11,13-14H,4-9H2,1-3H3. The highest BCUT2D eigenvalue weighted by atomic mass is 16.2. The van der Waals surface area contributed by atoms with Gasteiger partial charge in [-0.1, -0.05) is 13.8 Å². The van der Waals surface area contributed by atoms with E-state index in [-0.39, 0.29) is 12.1 Å². The van der Waals surface area contributed by atoms with Gasteiger partial charge < -0.3 is 4.90 Å². The van der Waals surface area contributed by atoms with Crippen molar-refractivity contribution in [2.24, 2.45) is 5.92 Å². The molecule has 0 aromatic carbocycles. The van der Waals surface area contributed by atoms with E-state index in [1.165, 1.54) is 25.9 Å². The van der Waals surface area contributed by atoms with Gasteiger partial charge in [-0.3, -0.25) is 15.0 Å². The normalized spacial score (nSPS) is 28.4. The van der Waals surface area contributed by atoms with E-state index >= 15 is 0 Å². The van der Waals surface area contributed by atoms with Crippen molar-refractivity contribution >= 4 is 5.91 Å². The number of hydrogen-bond donors (Lipinski definition) is 1. The molecule has 0 spiro atoms. The van der Waals surface area contributed by atoms with Gasteiger partial charge in [0.05, 0.1) is 12.7 Å². The second-order valence-corrected chi connectivity index (χ2v) is 5.71. The molecule has 0 aromatic rings. The SMILES string of the molecule is CC(C)C1NCC(=O)N1CC(C)N1CCCC1. The summed E-state index contributed by atoms with van der Waals surface area (Å²) in [5.41, 5.74) is 0. The molecule has 2 atom stereocenters. The van der Waals surface area contributed by atoms with E-state index in [9.17, 15) is 4.79 Å². The largest absolute Gasteiger partial charge is 0.324 e. The summed E-state index contributed by atoms with van der Waals surface area (Å²) >= 11 is 0. The summed E-state index contributed by atoms with van der Waals surface area (Å²) in [4.78, 5) is 16.4. The second-order valence-electron chi connectivity index (χ2n) is 5.71. The maximum absolute atomic E-state index is 11.9. The van der Waals surface area contributed by atoms with Gasteiger partial charge >= 0.3 is 0 Å². The van der Waals surface area contributed by atoms with Gasteiger partial charge in [0.25, 0.3) is 0 Å². The van der Waals surface area contributed by atoms with Crippen molar-refractivity contribution in [3.63, 3.8) is 0 Å². The number of amides is 1. The van der Waals surface area contributed by atoms with Crippen LogP contribution >= 0.6 is 0 Å². The molecule has 4 nitrogen and oxygen atoms in total. The molecule has 2 rings (SSSR count). The van der Waals surface area contributed by atoms with Crippen LogP contribution in [0.2, 0.25) is 0 Å².